The van der Waals surface area contributed by atoms with Crippen molar-refractivity contribution in [3.63, 3.8) is 0 Å². The summed E-state index contributed by atoms with van der Waals surface area (Å²) in [4.78, 5) is 46.0. The Balaban J connectivity index is 1.99. The molecule has 2 heterocycles. The molecular weight excluding hydrogens is 361 g/mol. The zero-order chi connectivity index (χ0) is 20.2. The fraction of sp³-hybridized carbons (Fsp3) is 0.750. The number of hydrogen-bond acceptors (Lipinski definition) is 7. The molecule has 2 fully saturated rings. The summed E-state index contributed by atoms with van der Waals surface area (Å²) in [5, 5.41) is 31.0. The molecule has 0 bridgehead atoms. The quantitative estimate of drug-likeness (QED) is 0.404. The van der Waals surface area contributed by atoms with E-state index in [9.17, 15) is 29.4 Å². The first-order valence-electron chi connectivity index (χ1n) is 8.92. The lowest BCUT2D eigenvalue weighted by Crippen LogP contribution is -2.54. The monoisotopic (exact) mass is 385 g/mol. The summed E-state index contributed by atoms with van der Waals surface area (Å²) >= 11 is 0. The number of carboxylic acid groups (broad SMARTS) is 3. The minimum atomic E-state index is -2.14. The van der Waals surface area contributed by atoms with Crippen molar-refractivity contribution in [3.8, 4) is 0 Å². The van der Waals surface area contributed by atoms with E-state index in [1.807, 2.05) is 6.92 Å². The molecule has 11 heteroatoms. The fourth-order valence-electron chi connectivity index (χ4n) is 3.94. The van der Waals surface area contributed by atoms with E-state index in [1.165, 1.54) is 0 Å². The second-order valence-corrected chi connectivity index (χ2v) is 7.16. The standard InChI is InChI=1S/C16H24BNO9/c1-2-15(13(22)23)9-18-8-10(15)4-3-5-17-26-12(21)7-16(27-17,14(24)25)6-11(19)20/h10,18H,2-9H2,1H3,(H,19,20)(H,22,23)(H,24,25). The summed E-state index contributed by atoms with van der Waals surface area (Å²) in [5.74, 6) is -4.71. The molecule has 3 atom stereocenters. The van der Waals surface area contributed by atoms with Gasteiger partial charge in [-0.25, -0.2) is 4.79 Å². The highest BCUT2D eigenvalue weighted by molar-refractivity contribution is 6.48. The molecule has 0 spiro atoms. The minimum Gasteiger partial charge on any atom is -0.509 e. The van der Waals surface area contributed by atoms with Gasteiger partial charge in [-0.05, 0) is 31.6 Å². The highest BCUT2D eigenvalue weighted by Crippen LogP contribution is 2.39. The maximum absolute atomic E-state index is 11.8. The summed E-state index contributed by atoms with van der Waals surface area (Å²) in [7, 11) is -1.17. The number of aliphatic carboxylic acids is 3. The number of carbonyl (C=O) groups excluding carboxylic acids is 1. The Morgan fingerprint density at radius 3 is 2.52 bits per heavy atom. The number of rotatable bonds is 9. The highest BCUT2D eigenvalue weighted by Gasteiger charge is 2.52. The molecule has 10 nitrogen and oxygen atoms in total. The Kier molecular flexibility index (Phi) is 6.48. The predicted octanol–water partition coefficient (Wildman–Crippen LogP) is 0.217. The molecular formula is C16H24BNO9. The Hall–Kier alpha value is -2.14. The Morgan fingerprint density at radius 2 is 1.96 bits per heavy atom. The molecule has 2 aliphatic rings. The lowest BCUT2D eigenvalue weighted by Gasteiger charge is -2.35. The second kappa shape index (κ2) is 8.26. The number of nitrogens with one attached hydrogen (secondary N) is 1. The molecule has 2 rings (SSSR count). The zero-order valence-electron chi connectivity index (χ0n) is 15.1. The SMILES string of the molecule is CCC1(C(=O)O)CNCC1CCCB1OC(=O)CC(CC(=O)O)(C(=O)O)O1. The van der Waals surface area contributed by atoms with Crippen molar-refractivity contribution in [1.82, 2.24) is 5.32 Å². The van der Waals surface area contributed by atoms with Gasteiger partial charge in [-0.2, -0.15) is 0 Å². The summed E-state index contributed by atoms with van der Waals surface area (Å²) in [6.45, 7) is 2.77. The van der Waals surface area contributed by atoms with Crippen LogP contribution in [0.1, 0.15) is 39.0 Å². The van der Waals surface area contributed by atoms with Gasteiger partial charge in [-0.1, -0.05) is 13.3 Å². The third-order valence-corrected chi connectivity index (χ3v) is 5.54. The van der Waals surface area contributed by atoms with Crippen LogP contribution in [0.3, 0.4) is 0 Å². The molecule has 0 aromatic carbocycles. The average Bonchev–Trinajstić information content (AvgIpc) is 2.97. The van der Waals surface area contributed by atoms with Gasteiger partial charge in [0.25, 0.3) is 5.97 Å². The van der Waals surface area contributed by atoms with E-state index in [0.29, 0.717) is 32.4 Å². The van der Waals surface area contributed by atoms with Crippen LogP contribution in [0.2, 0.25) is 6.32 Å². The van der Waals surface area contributed by atoms with Gasteiger partial charge in [0.2, 0.25) is 0 Å². The number of carbonyl (C=O) groups is 4. The lowest BCUT2D eigenvalue weighted by atomic mass is 9.71. The predicted molar refractivity (Wildman–Crippen MR) is 90.9 cm³/mol. The Bertz CT molecular complexity index is 623. The molecule has 4 N–H and O–H groups in total. The molecule has 0 amide bonds. The third kappa shape index (κ3) is 4.41. The van der Waals surface area contributed by atoms with E-state index in [-0.39, 0.29) is 12.2 Å². The normalized spacial score (nSPS) is 30.8. The first-order valence-corrected chi connectivity index (χ1v) is 8.92. The van der Waals surface area contributed by atoms with Gasteiger partial charge in [0, 0.05) is 6.54 Å². The van der Waals surface area contributed by atoms with Crippen molar-refractivity contribution in [2.45, 2.75) is 50.9 Å². The third-order valence-electron chi connectivity index (χ3n) is 5.54. The van der Waals surface area contributed by atoms with Crippen LogP contribution in [0.25, 0.3) is 0 Å². The number of carboxylic acids is 3. The van der Waals surface area contributed by atoms with Gasteiger partial charge in [-0.15, -0.1) is 0 Å². The molecule has 0 saturated carbocycles. The molecule has 3 unspecified atom stereocenters. The summed E-state index contributed by atoms with van der Waals surface area (Å²) in [6.07, 6.45) is 0.103. The van der Waals surface area contributed by atoms with Gasteiger partial charge in [0.15, 0.2) is 5.60 Å². The maximum atomic E-state index is 11.8. The molecule has 150 valence electrons. The van der Waals surface area contributed by atoms with Crippen LogP contribution in [0.5, 0.6) is 0 Å². The molecule has 0 aromatic rings. The fourth-order valence-corrected chi connectivity index (χ4v) is 3.94. The van der Waals surface area contributed by atoms with E-state index >= 15 is 0 Å². The van der Waals surface area contributed by atoms with Crippen molar-refractivity contribution < 1.29 is 43.8 Å². The van der Waals surface area contributed by atoms with Crippen molar-refractivity contribution in [2.24, 2.45) is 11.3 Å². The minimum absolute atomic E-state index is 0.109. The van der Waals surface area contributed by atoms with E-state index < -0.39 is 54.9 Å². The van der Waals surface area contributed by atoms with Crippen LogP contribution in [-0.2, 0) is 28.5 Å². The van der Waals surface area contributed by atoms with Gasteiger partial charge in [0.1, 0.15) is 0 Å². The molecule has 2 aliphatic heterocycles. The molecule has 0 radical (unpaired) electrons. The van der Waals surface area contributed by atoms with Crippen molar-refractivity contribution in [2.75, 3.05) is 13.1 Å². The first-order chi connectivity index (χ1) is 12.6. The van der Waals surface area contributed by atoms with Gasteiger partial charge >= 0.3 is 25.0 Å². The molecule has 27 heavy (non-hydrogen) atoms. The van der Waals surface area contributed by atoms with Crippen molar-refractivity contribution in [3.05, 3.63) is 0 Å². The van der Waals surface area contributed by atoms with Crippen LogP contribution >= 0.6 is 0 Å². The van der Waals surface area contributed by atoms with E-state index in [4.69, 9.17) is 14.4 Å². The topological polar surface area (TPSA) is 159 Å². The summed E-state index contributed by atoms with van der Waals surface area (Å²) in [5.41, 5.74) is -2.99. The molecule has 0 aromatic heterocycles. The number of hydrogen-bond donors (Lipinski definition) is 4. The van der Waals surface area contributed by atoms with E-state index in [1.54, 1.807) is 0 Å². The maximum Gasteiger partial charge on any atom is 0.528 e. The first kappa shape index (κ1) is 21.2. The second-order valence-electron chi connectivity index (χ2n) is 7.16. The Morgan fingerprint density at radius 1 is 1.26 bits per heavy atom. The van der Waals surface area contributed by atoms with Crippen molar-refractivity contribution >= 4 is 31.0 Å². The smallest absolute Gasteiger partial charge is 0.509 e. The zero-order valence-corrected chi connectivity index (χ0v) is 15.1. The van der Waals surface area contributed by atoms with Crippen LogP contribution < -0.4 is 5.32 Å². The largest absolute Gasteiger partial charge is 0.528 e. The summed E-state index contributed by atoms with van der Waals surface area (Å²) in [6, 6.07) is 0. The van der Waals surface area contributed by atoms with Gasteiger partial charge in [0.05, 0.1) is 18.3 Å². The van der Waals surface area contributed by atoms with Crippen LogP contribution in [0.15, 0.2) is 0 Å². The summed E-state index contributed by atoms with van der Waals surface area (Å²) < 4.78 is 10.4. The van der Waals surface area contributed by atoms with E-state index in [0.717, 1.165) is 0 Å². The Labute approximate surface area is 156 Å². The average molecular weight is 385 g/mol. The highest BCUT2D eigenvalue weighted by atomic mass is 16.6. The van der Waals surface area contributed by atoms with Crippen LogP contribution in [0, 0.1) is 11.3 Å². The lowest BCUT2D eigenvalue weighted by molar-refractivity contribution is -0.174. The van der Waals surface area contributed by atoms with Gasteiger partial charge < -0.3 is 29.9 Å². The van der Waals surface area contributed by atoms with Gasteiger partial charge in [-0.3, -0.25) is 14.4 Å². The van der Waals surface area contributed by atoms with Crippen LogP contribution in [-0.4, -0.2) is 65.0 Å². The van der Waals surface area contributed by atoms with E-state index in [2.05, 4.69) is 5.32 Å². The van der Waals surface area contributed by atoms with Crippen LogP contribution in [0.4, 0.5) is 0 Å². The molecule has 2 saturated heterocycles. The molecule has 0 aliphatic carbocycles. The van der Waals surface area contributed by atoms with Crippen molar-refractivity contribution in [1.29, 1.82) is 0 Å².